The van der Waals surface area contributed by atoms with Crippen LogP contribution in [0.4, 0.5) is 0 Å². The number of esters is 2. The normalized spacial score (nSPS) is 9.73. The van der Waals surface area contributed by atoms with Crippen molar-refractivity contribution < 1.29 is 14.3 Å². The highest BCUT2D eigenvalue weighted by Crippen LogP contribution is 2.32. The van der Waals surface area contributed by atoms with Gasteiger partial charge in [-0.15, -0.1) is 0 Å². The van der Waals surface area contributed by atoms with Gasteiger partial charge in [0.2, 0.25) is 0 Å². The number of hydrogen-bond donors (Lipinski definition) is 0. The number of hydrogen-bond acceptors (Lipinski definition) is 3. The molecule has 3 nitrogen and oxygen atoms in total. The number of carbonyl (C=O) groups is 2. The molecule has 0 saturated heterocycles. The van der Waals surface area contributed by atoms with Gasteiger partial charge < -0.3 is 4.74 Å². The fourth-order valence-corrected chi connectivity index (χ4v) is 1.09. The smallest absolute Gasteiger partial charge is 0.313 e. The quantitative estimate of drug-likeness (QED) is 0.560. The number of ether oxygens (including phenoxy) is 1. The molecule has 0 aromatic rings. The number of benzene rings is 1. The summed E-state index contributed by atoms with van der Waals surface area (Å²) in [5, 5.41) is 0. The maximum absolute atomic E-state index is 10.4. The lowest BCUT2D eigenvalue weighted by Gasteiger charge is -1.94. The van der Waals surface area contributed by atoms with Crippen LogP contribution in [0.15, 0.2) is 24.3 Å². The van der Waals surface area contributed by atoms with Crippen molar-refractivity contribution in [2.45, 2.75) is 26.7 Å². The second kappa shape index (κ2) is 5.29. The van der Waals surface area contributed by atoms with Crippen molar-refractivity contribution in [1.82, 2.24) is 0 Å². The molecular formula is C12H14O3. The minimum Gasteiger partial charge on any atom is -0.393 e. The van der Waals surface area contributed by atoms with Gasteiger partial charge >= 0.3 is 11.9 Å². The average molecular weight is 206 g/mol. The lowest BCUT2D eigenvalue weighted by atomic mass is 10.3. The maximum atomic E-state index is 10.4. The van der Waals surface area contributed by atoms with Crippen LogP contribution in [-0.4, -0.2) is 11.9 Å². The second-order valence-corrected chi connectivity index (χ2v) is 3.30. The van der Waals surface area contributed by atoms with Crippen LogP contribution in [0.5, 0.6) is 0 Å². The molecule has 0 heterocycles. The van der Waals surface area contributed by atoms with E-state index in [0.717, 1.165) is 0 Å². The average Bonchev–Trinajstić information content (AvgIpc) is 2.74. The summed E-state index contributed by atoms with van der Waals surface area (Å²) in [6.07, 6.45) is 1.03. The summed E-state index contributed by atoms with van der Waals surface area (Å²) in [7, 11) is 0. The van der Waals surface area contributed by atoms with Crippen LogP contribution in [-0.2, 0) is 14.3 Å². The van der Waals surface area contributed by atoms with Crippen molar-refractivity contribution in [3.05, 3.63) is 24.3 Å². The van der Waals surface area contributed by atoms with Crippen molar-refractivity contribution in [1.29, 1.82) is 0 Å². The predicted molar refractivity (Wildman–Crippen MR) is 57.1 cm³/mol. The Morgan fingerprint density at radius 2 is 1.87 bits per heavy atom. The van der Waals surface area contributed by atoms with Crippen LogP contribution in [0.25, 0.3) is 11.1 Å². The number of carbonyl (C=O) groups excluding carboxylic acids is 2. The Morgan fingerprint density at radius 3 is 2.13 bits per heavy atom. The molecule has 0 spiro atoms. The third kappa shape index (κ3) is 4.40. The van der Waals surface area contributed by atoms with Crippen molar-refractivity contribution in [2.75, 3.05) is 0 Å². The summed E-state index contributed by atoms with van der Waals surface area (Å²) >= 11 is 0. The van der Waals surface area contributed by atoms with E-state index in [1.807, 2.05) is 6.92 Å². The van der Waals surface area contributed by atoms with Gasteiger partial charge in [-0.2, -0.15) is 0 Å². The van der Waals surface area contributed by atoms with E-state index in [1.165, 1.54) is 18.1 Å². The van der Waals surface area contributed by atoms with Gasteiger partial charge in [0, 0.05) is 13.3 Å². The molecule has 0 saturated carbocycles. The predicted octanol–water partition coefficient (Wildman–Crippen LogP) is 2.54. The highest BCUT2D eigenvalue weighted by molar-refractivity contribution is 5.83. The van der Waals surface area contributed by atoms with E-state index in [0.29, 0.717) is 12.8 Å². The van der Waals surface area contributed by atoms with Crippen molar-refractivity contribution in [3.8, 4) is 11.1 Å². The molecule has 0 aromatic heterocycles. The molecule has 0 unspecified atom stereocenters. The molecule has 0 aromatic carbocycles. The fraction of sp³-hybridized carbons (Fsp3) is 0.333. The maximum Gasteiger partial charge on any atom is 0.313 e. The minimum atomic E-state index is -0.534. The first-order valence-electron chi connectivity index (χ1n) is 4.95. The molecular weight excluding hydrogens is 192 g/mol. The van der Waals surface area contributed by atoms with E-state index in [1.54, 1.807) is 0 Å². The van der Waals surface area contributed by atoms with Gasteiger partial charge in [-0.1, -0.05) is 25.1 Å². The molecule has 0 radical (unpaired) electrons. The highest BCUT2D eigenvalue weighted by Gasteiger charge is 2.07. The molecule has 0 bridgehead atoms. The Labute approximate surface area is 89.1 Å². The molecule has 15 heavy (non-hydrogen) atoms. The zero-order valence-electron chi connectivity index (χ0n) is 8.95. The molecule has 2 aliphatic rings. The molecule has 2 rings (SSSR count). The van der Waals surface area contributed by atoms with Crippen LogP contribution in [0.3, 0.4) is 0 Å². The molecule has 0 N–H and O–H groups in total. The number of fused-ring (bicyclic) bond motifs is 1. The van der Waals surface area contributed by atoms with Gasteiger partial charge in [0.25, 0.3) is 0 Å². The van der Waals surface area contributed by atoms with Crippen LogP contribution >= 0.6 is 0 Å². The van der Waals surface area contributed by atoms with E-state index in [9.17, 15) is 9.59 Å². The van der Waals surface area contributed by atoms with Gasteiger partial charge in [0.05, 0.1) is 0 Å². The highest BCUT2D eigenvalue weighted by atomic mass is 16.6. The second-order valence-electron chi connectivity index (χ2n) is 3.30. The minimum absolute atomic E-state index is 0.319. The first kappa shape index (κ1) is 11.4. The lowest BCUT2D eigenvalue weighted by Crippen LogP contribution is -2.07. The van der Waals surface area contributed by atoms with Crippen LogP contribution in [0.1, 0.15) is 26.7 Å². The Morgan fingerprint density at radius 1 is 1.27 bits per heavy atom. The molecule has 0 atom stereocenters. The third-order valence-corrected chi connectivity index (χ3v) is 1.82. The van der Waals surface area contributed by atoms with E-state index >= 15 is 0 Å². The first-order valence-corrected chi connectivity index (χ1v) is 4.95. The van der Waals surface area contributed by atoms with Gasteiger partial charge in [0.15, 0.2) is 0 Å². The van der Waals surface area contributed by atoms with E-state index in [4.69, 9.17) is 0 Å². The summed E-state index contributed by atoms with van der Waals surface area (Å²) in [6.45, 7) is 3.06. The van der Waals surface area contributed by atoms with Crippen molar-refractivity contribution in [2.24, 2.45) is 0 Å². The molecule has 2 aliphatic carbocycles. The van der Waals surface area contributed by atoms with Gasteiger partial charge in [-0.3, -0.25) is 9.59 Å². The molecule has 0 aliphatic heterocycles. The van der Waals surface area contributed by atoms with Crippen LogP contribution < -0.4 is 0 Å². The molecule has 3 heteroatoms. The van der Waals surface area contributed by atoms with Gasteiger partial charge in [0.1, 0.15) is 0 Å². The Bertz CT molecular complexity index is 352. The third-order valence-electron chi connectivity index (χ3n) is 1.82. The van der Waals surface area contributed by atoms with Crippen LogP contribution in [0.2, 0.25) is 0 Å². The summed E-state index contributed by atoms with van der Waals surface area (Å²) in [5.41, 5.74) is 2.85. The Kier molecular flexibility index (Phi) is 4.03. The van der Waals surface area contributed by atoms with E-state index in [2.05, 4.69) is 29.0 Å². The van der Waals surface area contributed by atoms with E-state index in [-0.39, 0.29) is 0 Å². The van der Waals surface area contributed by atoms with Crippen molar-refractivity contribution in [3.63, 3.8) is 0 Å². The van der Waals surface area contributed by atoms with Crippen molar-refractivity contribution >= 4 is 11.9 Å². The first-order chi connectivity index (χ1) is 7.13. The summed E-state index contributed by atoms with van der Waals surface area (Å²) < 4.78 is 4.21. The Balaban J connectivity index is 0.000000158. The zero-order chi connectivity index (χ0) is 11.3. The summed E-state index contributed by atoms with van der Waals surface area (Å²) in [5.74, 6) is -0.974. The van der Waals surface area contributed by atoms with Gasteiger partial charge in [-0.25, -0.2) is 0 Å². The Hall–Kier alpha value is -1.64. The molecule has 80 valence electrons. The number of rotatable bonds is 2. The topological polar surface area (TPSA) is 43.4 Å². The lowest BCUT2D eigenvalue weighted by molar-refractivity contribution is -0.158. The monoisotopic (exact) mass is 206 g/mol. The summed E-state index contributed by atoms with van der Waals surface area (Å²) in [4.78, 5) is 20.5. The largest absolute Gasteiger partial charge is 0.393 e. The fourth-order valence-electron chi connectivity index (χ4n) is 1.09. The molecule has 0 fully saturated rings. The molecule has 0 amide bonds. The SMILES string of the molecule is CCCC(=O)OC(C)=O.c1cc2cc-2c1. The standard InChI is InChI=1S/C6H10O3.C6H4/c1-3-4-6(8)9-5(2)7;1-2-5-4-6(5)3-1/h3-4H2,1-2H3;1-4H. The summed E-state index contributed by atoms with van der Waals surface area (Å²) in [6, 6.07) is 8.48. The van der Waals surface area contributed by atoms with E-state index < -0.39 is 11.9 Å². The van der Waals surface area contributed by atoms with Crippen LogP contribution in [0, 0.1) is 0 Å². The zero-order valence-corrected chi connectivity index (χ0v) is 8.95. The van der Waals surface area contributed by atoms with Gasteiger partial charge in [-0.05, 0) is 23.6 Å².